The Morgan fingerprint density at radius 3 is 1.58 bits per heavy atom. The molecule has 2 amide bonds. The Kier molecular flexibility index (Phi) is 20.2. The summed E-state index contributed by atoms with van der Waals surface area (Å²) in [5, 5.41) is 0. The van der Waals surface area contributed by atoms with E-state index in [4.69, 9.17) is 52.0 Å². The Bertz CT molecular complexity index is 3390. The molecule has 9 rings (SSSR count). The minimum atomic E-state index is -3.67. The number of para-hydroxylation sites is 2. The van der Waals surface area contributed by atoms with Crippen LogP contribution >= 0.6 is 0 Å². The van der Waals surface area contributed by atoms with Crippen LogP contribution in [-0.2, 0) is 39.8 Å². The molecule has 6 aromatic rings. The maximum absolute atomic E-state index is 13.0. The number of nitrogens with zero attached hydrogens (tertiary/aromatic N) is 5. The number of hydrogen-bond donors (Lipinski definition) is 1. The highest BCUT2D eigenvalue weighted by molar-refractivity contribution is 7.85. The topological polar surface area (TPSA) is 238 Å². The average molecular weight is 1190 g/mol. The number of rotatable bonds is 17. The van der Waals surface area contributed by atoms with Crippen LogP contribution in [0.25, 0.3) is 22.5 Å². The first-order valence-electron chi connectivity index (χ1n) is 28.5. The van der Waals surface area contributed by atoms with Crippen molar-refractivity contribution in [1.82, 2.24) is 29.3 Å². The van der Waals surface area contributed by atoms with Crippen molar-refractivity contribution in [1.29, 1.82) is 0 Å². The zero-order valence-electron chi connectivity index (χ0n) is 50.3. The molecule has 5 heterocycles. The van der Waals surface area contributed by atoms with Crippen LogP contribution in [0.3, 0.4) is 0 Å². The molecule has 2 saturated heterocycles. The van der Waals surface area contributed by atoms with E-state index in [1.54, 1.807) is 35.1 Å². The van der Waals surface area contributed by atoms with Gasteiger partial charge in [0.15, 0.2) is 34.4 Å². The normalized spacial score (nSPS) is 16.1. The summed E-state index contributed by atoms with van der Waals surface area (Å²) in [6.07, 6.45) is 4.53. The molecule has 1 N–H and O–H groups in total. The largest absolute Gasteiger partial charge is 0.493 e. The molecule has 0 spiro atoms. The highest BCUT2D eigenvalue weighted by Gasteiger charge is 2.40. The minimum absolute atomic E-state index is 0.00697. The summed E-state index contributed by atoms with van der Waals surface area (Å²) in [5.41, 5.74) is 1.72. The fraction of sp³-hybridized carbons (Fsp3) is 0.460. The van der Waals surface area contributed by atoms with Gasteiger partial charge < -0.3 is 57.2 Å². The Morgan fingerprint density at radius 1 is 0.612 bits per heavy atom. The monoisotopic (exact) mass is 1190 g/mol. The van der Waals surface area contributed by atoms with Crippen LogP contribution in [0.4, 0.5) is 9.59 Å². The number of carbonyl (C=O) groups excluding carboxylic acids is 4. The predicted octanol–water partition coefficient (Wildman–Crippen LogP) is 12.0. The molecular weight excluding hydrogens is 1110 g/mol. The lowest BCUT2D eigenvalue weighted by atomic mass is 9.82. The van der Waals surface area contributed by atoms with E-state index in [1.807, 2.05) is 125 Å². The maximum Gasteiger partial charge on any atom is 0.410 e. The molecule has 21 nitrogen and oxygen atoms in total. The Labute approximate surface area is 497 Å². The Balaban J connectivity index is 0.000000223. The first-order valence-corrected chi connectivity index (χ1v) is 30.3. The summed E-state index contributed by atoms with van der Waals surface area (Å²) in [6, 6.07) is 29.6. The van der Waals surface area contributed by atoms with E-state index in [9.17, 15) is 27.6 Å². The van der Waals surface area contributed by atoms with Gasteiger partial charge in [0.25, 0.3) is 10.1 Å². The second-order valence-electron chi connectivity index (χ2n) is 23.1. The number of aromatic nitrogens is 4. The number of methoxy groups -OCH3 is 4. The third-order valence-corrected chi connectivity index (χ3v) is 15.5. The van der Waals surface area contributed by atoms with E-state index in [2.05, 4.69) is 4.98 Å². The van der Waals surface area contributed by atoms with Crippen molar-refractivity contribution >= 4 is 34.2 Å². The number of fused-ring (bicyclic) bond motifs is 1. The van der Waals surface area contributed by atoms with Crippen molar-refractivity contribution in [2.24, 2.45) is 11.8 Å². The SMILES string of the molecule is COC(=O)c1[nH]c(C(CCOS(C)(=O)=O)C2CCN(C(=O)OC(C)(C)C)CC2)nc1-c1ccc(Oc2ccccc2)c(OC)c1.COC(=O)c1c(-c2ccc(Oc3ccccc3)c(OC)c2)nc2n1CCC2C1CCN(C(=O)OC(C)(C)C)CC1. The number of benzene rings is 4. The van der Waals surface area contributed by atoms with Crippen molar-refractivity contribution in [3.05, 3.63) is 120 Å². The third kappa shape index (κ3) is 16.2. The summed E-state index contributed by atoms with van der Waals surface area (Å²) in [6.45, 7) is 13.9. The van der Waals surface area contributed by atoms with Gasteiger partial charge in [-0.05, 0) is 153 Å². The number of hydrogen-bond acceptors (Lipinski definition) is 17. The van der Waals surface area contributed by atoms with E-state index in [0.29, 0.717) is 121 Å². The number of likely N-dealkylation sites (tertiary alicyclic amines) is 2. The summed E-state index contributed by atoms with van der Waals surface area (Å²) in [4.78, 5) is 67.7. The summed E-state index contributed by atoms with van der Waals surface area (Å²) in [7, 11) is 2.12. The number of aromatic amines is 1. The van der Waals surface area contributed by atoms with Crippen molar-refractivity contribution in [3.8, 4) is 57.0 Å². The fourth-order valence-electron chi connectivity index (χ4n) is 10.9. The lowest BCUT2D eigenvalue weighted by Crippen LogP contribution is -2.42. The van der Waals surface area contributed by atoms with Crippen molar-refractivity contribution < 1.29 is 69.7 Å². The molecule has 2 unspecified atom stereocenters. The maximum atomic E-state index is 13.0. The van der Waals surface area contributed by atoms with E-state index in [-0.39, 0.29) is 42.2 Å². The molecule has 0 radical (unpaired) electrons. The first kappa shape index (κ1) is 62.9. The lowest BCUT2D eigenvalue weighted by Gasteiger charge is -2.36. The van der Waals surface area contributed by atoms with Gasteiger partial charge in [0.2, 0.25) is 0 Å². The van der Waals surface area contributed by atoms with Gasteiger partial charge >= 0.3 is 24.1 Å². The first-order chi connectivity index (χ1) is 40.5. The zero-order valence-corrected chi connectivity index (χ0v) is 51.1. The molecule has 2 aromatic heterocycles. The molecule has 85 heavy (non-hydrogen) atoms. The molecular formula is C63H78N6O15S. The molecule has 2 fully saturated rings. The smallest absolute Gasteiger partial charge is 0.410 e. The summed E-state index contributed by atoms with van der Waals surface area (Å²) < 4.78 is 75.2. The highest BCUT2D eigenvalue weighted by Crippen LogP contribution is 2.45. The Morgan fingerprint density at radius 2 is 1.11 bits per heavy atom. The van der Waals surface area contributed by atoms with Gasteiger partial charge in [-0.2, -0.15) is 8.42 Å². The van der Waals surface area contributed by atoms with Crippen LogP contribution < -0.4 is 18.9 Å². The number of amides is 2. The number of H-pyrrole nitrogens is 1. The van der Waals surface area contributed by atoms with Crippen molar-refractivity contribution in [2.45, 2.75) is 110 Å². The van der Waals surface area contributed by atoms with Crippen molar-refractivity contribution in [3.63, 3.8) is 0 Å². The molecule has 2 atom stereocenters. The molecule has 456 valence electrons. The van der Waals surface area contributed by atoms with Gasteiger partial charge in [-0.15, -0.1) is 0 Å². The van der Waals surface area contributed by atoms with E-state index in [1.165, 1.54) is 21.3 Å². The van der Waals surface area contributed by atoms with Crippen molar-refractivity contribution in [2.75, 3.05) is 67.5 Å². The molecule has 4 aromatic carbocycles. The van der Waals surface area contributed by atoms with Gasteiger partial charge in [0.1, 0.15) is 45.7 Å². The van der Waals surface area contributed by atoms with Gasteiger partial charge in [-0.1, -0.05) is 36.4 Å². The zero-order chi connectivity index (χ0) is 61.2. The minimum Gasteiger partial charge on any atom is -0.493 e. The van der Waals surface area contributed by atoms with Crippen LogP contribution in [-0.4, -0.2) is 141 Å². The average Bonchev–Trinajstić information content (AvgIpc) is 1.71. The van der Waals surface area contributed by atoms with E-state index < -0.39 is 33.3 Å². The van der Waals surface area contributed by atoms with Gasteiger partial charge in [0.05, 0.1) is 41.3 Å². The molecule has 3 aliphatic rings. The second kappa shape index (κ2) is 27.3. The van der Waals surface area contributed by atoms with Crippen LogP contribution in [0.1, 0.15) is 125 Å². The van der Waals surface area contributed by atoms with Crippen LogP contribution in [0.15, 0.2) is 97.1 Å². The van der Waals surface area contributed by atoms with Gasteiger partial charge in [0, 0.05) is 55.7 Å². The Hall–Kier alpha value is -8.11. The molecule has 0 saturated carbocycles. The number of esters is 2. The molecule has 0 aliphatic carbocycles. The number of ether oxygens (including phenoxy) is 8. The summed E-state index contributed by atoms with van der Waals surface area (Å²) >= 11 is 0. The van der Waals surface area contributed by atoms with Gasteiger partial charge in [-0.25, -0.2) is 29.1 Å². The lowest BCUT2D eigenvalue weighted by molar-refractivity contribution is 0.0161. The number of carbonyl (C=O) groups is 4. The van der Waals surface area contributed by atoms with Crippen LogP contribution in [0, 0.1) is 11.8 Å². The number of nitrogens with one attached hydrogen (secondary N) is 1. The molecule has 22 heteroatoms. The van der Waals surface area contributed by atoms with Crippen LogP contribution in [0.5, 0.6) is 34.5 Å². The predicted molar refractivity (Wildman–Crippen MR) is 317 cm³/mol. The van der Waals surface area contributed by atoms with Crippen LogP contribution in [0.2, 0.25) is 0 Å². The fourth-order valence-corrected chi connectivity index (χ4v) is 11.3. The second-order valence-corrected chi connectivity index (χ2v) is 24.8. The van der Waals surface area contributed by atoms with E-state index in [0.717, 1.165) is 36.9 Å². The summed E-state index contributed by atoms with van der Waals surface area (Å²) in [5.74, 6) is 3.96. The highest BCUT2D eigenvalue weighted by atomic mass is 32.2. The number of imidazole rings is 2. The van der Waals surface area contributed by atoms with Gasteiger partial charge in [-0.3, -0.25) is 4.18 Å². The standard InChI is InChI=1S/C32H41N3O9S.C31H37N3O6/c1-32(2,3)44-31(37)35-17-14-21(15-18-35)24(16-19-42-45(6,38)39)29-33-27(28(34-29)30(36)41-5)22-12-13-25(26(20-22)40-4)43-23-10-8-7-9-11-23;1-31(2,3)40-30(36)33-16-13-20(14-17-33)23-15-18-34-27(29(35)38-5)26(32-28(23)34)21-11-12-24(25(19-21)37-4)39-22-9-7-6-8-10-22/h7-13,20-21,24H,14-19H2,1-6H3,(H,33,34);6-12,19-20,23H,13-18H2,1-5H3. The van der Waals surface area contributed by atoms with E-state index >= 15 is 0 Å². The molecule has 0 bridgehead atoms. The molecule has 3 aliphatic heterocycles. The number of piperidine rings is 2. The quantitative estimate of drug-likeness (QED) is 0.0507. The third-order valence-electron chi connectivity index (χ3n) is 14.9.